The van der Waals surface area contributed by atoms with Gasteiger partial charge in [-0.05, 0) is 93.1 Å². The summed E-state index contributed by atoms with van der Waals surface area (Å²) >= 11 is 0. The van der Waals surface area contributed by atoms with E-state index in [0.717, 1.165) is 37.3 Å². The molecule has 7 heteroatoms. The Labute approximate surface area is 245 Å². The van der Waals surface area contributed by atoms with Crippen molar-refractivity contribution in [1.82, 2.24) is 19.8 Å². The first-order chi connectivity index (χ1) is 20.0. The van der Waals surface area contributed by atoms with Crippen LogP contribution in [0.5, 0.6) is 6.01 Å². The zero-order chi connectivity index (χ0) is 28.5. The summed E-state index contributed by atoms with van der Waals surface area (Å²) in [6.45, 7) is 9.71. The predicted molar refractivity (Wildman–Crippen MR) is 162 cm³/mol. The van der Waals surface area contributed by atoms with Gasteiger partial charge in [-0.15, -0.1) is 12.3 Å². The van der Waals surface area contributed by atoms with Crippen molar-refractivity contribution >= 4 is 11.7 Å². The van der Waals surface area contributed by atoms with E-state index in [9.17, 15) is 4.79 Å². The molecule has 3 heterocycles. The number of hydrogen-bond acceptors (Lipinski definition) is 6. The third-order valence-electron chi connectivity index (χ3n) is 9.93. The number of aromatic nitrogens is 2. The van der Waals surface area contributed by atoms with Crippen molar-refractivity contribution in [2.24, 2.45) is 5.92 Å². The maximum atomic E-state index is 12.6. The van der Waals surface area contributed by atoms with Crippen molar-refractivity contribution in [2.75, 3.05) is 44.7 Å². The molecular formula is C34H43N5O2. The zero-order valence-electron chi connectivity index (χ0n) is 24.6. The van der Waals surface area contributed by atoms with Crippen LogP contribution in [0.2, 0.25) is 0 Å². The standard InChI is InChI=1S/C34H43N5O2/c1-5-10-25-21-38(17-18-39(25)32(40)6-2)33-30-19-23(3)29(28-15-8-12-24-11-7-14-27(24)28)20-31(30)35-34(36-33)41-22-26-13-9-16-37(26)4/h1,6,8,12,15,23,25-26,29H,2,7,9-11,13-14,16-22H2,3-4H3/t23-,25?,26?,29-/m0/s1. The fourth-order valence-corrected chi connectivity index (χ4v) is 7.61. The number of benzene rings is 1. The molecule has 4 aliphatic rings. The molecule has 1 aromatic heterocycles. The second-order valence-corrected chi connectivity index (χ2v) is 12.4. The number of amides is 1. The minimum absolute atomic E-state index is 0.0637. The minimum Gasteiger partial charge on any atom is -0.462 e. The highest BCUT2D eigenvalue weighted by atomic mass is 16.5. The Morgan fingerprint density at radius 2 is 2.02 bits per heavy atom. The van der Waals surface area contributed by atoms with Crippen LogP contribution in [0.3, 0.4) is 0 Å². The number of anilines is 1. The fourth-order valence-electron chi connectivity index (χ4n) is 7.61. The third kappa shape index (κ3) is 5.47. The molecule has 216 valence electrons. The van der Waals surface area contributed by atoms with Gasteiger partial charge in [0.25, 0.3) is 0 Å². The molecule has 2 aromatic rings. The van der Waals surface area contributed by atoms with Crippen LogP contribution < -0.4 is 9.64 Å². The quantitative estimate of drug-likeness (QED) is 0.379. The molecule has 2 saturated heterocycles. The molecule has 0 saturated carbocycles. The number of rotatable bonds is 7. The van der Waals surface area contributed by atoms with E-state index in [1.54, 1.807) is 5.56 Å². The van der Waals surface area contributed by atoms with Crippen LogP contribution in [0.25, 0.3) is 0 Å². The molecule has 41 heavy (non-hydrogen) atoms. The third-order valence-corrected chi connectivity index (χ3v) is 9.93. The Morgan fingerprint density at radius 1 is 1.15 bits per heavy atom. The largest absolute Gasteiger partial charge is 0.462 e. The van der Waals surface area contributed by atoms with Crippen molar-refractivity contribution in [3.05, 3.63) is 58.8 Å². The number of likely N-dealkylation sites (N-methyl/N-ethyl adjacent to an activating group) is 1. The average Bonchev–Trinajstić information content (AvgIpc) is 3.64. The van der Waals surface area contributed by atoms with Gasteiger partial charge in [-0.25, -0.2) is 0 Å². The van der Waals surface area contributed by atoms with Gasteiger partial charge in [0, 0.05) is 37.7 Å². The number of terminal acetylenes is 1. The van der Waals surface area contributed by atoms with Crippen molar-refractivity contribution in [1.29, 1.82) is 0 Å². The normalized spacial score (nSPS) is 25.9. The molecule has 0 bridgehead atoms. The molecule has 4 atom stereocenters. The molecule has 2 aliphatic carbocycles. The van der Waals surface area contributed by atoms with Crippen molar-refractivity contribution < 1.29 is 9.53 Å². The van der Waals surface area contributed by atoms with Crippen LogP contribution in [0.1, 0.15) is 66.5 Å². The summed E-state index contributed by atoms with van der Waals surface area (Å²) in [4.78, 5) is 29.3. The first kappa shape index (κ1) is 27.8. The van der Waals surface area contributed by atoms with E-state index in [2.05, 4.69) is 54.5 Å². The van der Waals surface area contributed by atoms with Crippen LogP contribution in [-0.2, 0) is 30.5 Å². The Balaban J connectivity index is 1.33. The summed E-state index contributed by atoms with van der Waals surface area (Å²) in [5, 5.41) is 0. The lowest BCUT2D eigenvalue weighted by atomic mass is 9.73. The lowest BCUT2D eigenvalue weighted by Crippen LogP contribution is -2.55. The van der Waals surface area contributed by atoms with Crippen molar-refractivity contribution in [3.8, 4) is 18.4 Å². The Kier molecular flexibility index (Phi) is 8.03. The summed E-state index contributed by atoms with van der Waals surface area (Å²) in [6.07, 6.45) is 15.4. The molecule has 7 nitrogen and oxygen atoms in total. The van der Waals surface area contributed by atoms with Crippen LogP contribution in [0.15, 0.2) is 30.9 Å². The molecule has 0 N–H and O–H groups in total. The zero-order valence-corrected chi connectivity index (χ0v) is 24.6. The first-order valence-electron chi connectivity index (χ1n) is 15.4. The number of fused-ring (bicyclic) bond motifs is 2. The fraction of sp³-hybridized carbons (Fsp3) is 0.559. The van der Waals surface area contributed by atoms with Gasteiger partial charge in [0.2, 0.25) is 5.91 Å². The molecule has 2 aliphatic heterocycles. The topological polar surface area (TPSA) is 61.8 Å². The van der Waals surface area contributed by atoms with Crippen molar-refractivity contribution in [3.63, 3.8) is 0 Å². The molecule has 0 spiro atoms. The van der Waals surface area contributed by atoms with E-state index >= 15 is 0 Å². The van der Waals surface area contributed by atoms with Crippen molar-refractivity contribution in [2.45, 2.75) is 76.3 Å². The number of nitrogens with zero attached hydrogens (tertiary/aromatic N) is 5. The summed E-state index contributed by atoms with van der Waals surface area (Å²) in [7, 11) is 2.17. The van der Waals surface area contributed by atoms with Crippen LogP contribution in [0.4, 0.5) is 5.82 Å². The van der Waals surface area contributed by atoms with Crippen LogP contribution in [-0.4, -0.2) is 77.6 Å². The van der Waals surface area contributed by atoms with Gasteiger partial charge in [-0.3, -0.25) is 4.79 Å². The molecular weight excluding hydrogens is 510 g/mol. The molecule has 1 aromatic carbocycles. The van der Waals surface area contributed by atoms with E-state index in [0.29, 0.717) is 56.6 Å². The number of carbonyl (C=O) groups excluding carboxylic acids is 1. The van der Waals surface area contributed by atoms with Gasteiger partial charge in [0.15, 0.2) is 0 Å². The summed E-state index contributed by atoms with van der Waals surface area (Å²) in [5.41, 5.74) is 6.96. The van der Waals surface area contributed by atoms with E-state index in [1.165, 1.54) is 48.4 Å². The molecule has 2 fully saturated rings. The minimum atomic E-state index is -0.0814. The summed E-state index contributed by atoms with van der Waals surface area (Å²) < 4.78 is 6.35. The predicted octanol–water partition coefficient (Wildman–Crippen LogP) is 4.18. The lowest BCUT2D eigenvalue weighted by Gasteiger charge is -2.42. The molecule has 6 rings (SSSR count). The summed E-state index contributed by atoms with van der Waals surface area (Å²) in [6, 6.07) is 7.70. The van der Waals surface area contributed by atoms with E-state index in [4.69, 9.17) is 21.1 Å². The van der Waals surface area contributed by atoms with Gasteiger partial charge >= 0.3 is 6.01 Å². The number of likely N-dealkylation sites (tertiary alicyclic amines) is 1. The monoisotopic (exact) mass is 553 g/mol. The highest BCUT2D eigenvalue weighted by molar-refractivity contribution is 5.87. The van der Waals surface area contributed by atoms with E-state index in [1.807, 2.05) is 4.90 Å². The van der Waals surface area contributed by atoms with Gasteiger partial charge in [0.05, 0.1) is 11.7 Å². The van der Waals surface area contributed by atoms with E-state index < -0.39 is 0 Å². The second-order valence-electron chi connectivity index (χ2n) is 12.4. The van der Waals surface area contributed by atoms with E-state index in [-0.39, 0.29) is 11.9 Å². The lowest BCUT2D eigenvalue weighted by molar-refractivity contribution is -0.128. The Hall–Kier alpha value is -3.37. The van der Waals surface area contributed by atoms with Gasteiger partial charge in [-0.2, -0.15) is 9.97 Å². The first-order valence-corrected chi connectivity index (χ1v) is 15.4. The Morgan fingerprint density at radius 3 is 2.80 bits per heavy atom. The molecule has 2 unspecified atom stereocenters. The van der Waals surface area contributed by atoms with Crippen LogP contribution >= 0.6 is 0 Å². The summed E-state index contributed by atoms with van der Waals surface area (Å²) in [5.74, 6) is 4.58. The highest BCUT2D eigenvalue weighted by Crippen LogP contribution is 2.43. The smallest absolute Gasteiger partial charge is 0.318 e. The maximum Gasteiger partial charge on any atom is 0.318 e. The van der Waals surface area contributed by atoms with Crippen LogP contribution in [0, 0.1) is 18.3 Å². The average molecular weight is 554 g/mol. The van der Waals surface area contributed by atoms with Gasteiger partial charge < -0.3 is 19.4 Å². The van der Waals surface area contributed by atoms with Gasteiger partial charge in [0.1, 0.15) is 12.4 Å². The number of aryl methyl sites for hydroxylation is 1. The highest BCUT2D eigenvalue weighted by Gasteiger charge is 2.36. The maximum absolute atomic E-state index is 12.6. The Bertz CT molecular complexity index is 1350. The number of ether oxygens (including phenoxy) is 1. The molecule has 1 amide bonds. The number of hydrogen-bond donors (Lipinski definition) is 0. The SMILES string of the molecule is C#CCC1CN(c2nc(OCC3CCCN3C)nc3c2C[C@H](C)[C@@H](c2cccc4c2CCC4)C3)CCN1C(=O)C=C. The second kappa shape index (κ2) is 11.9. The number of piperazine rings is 1. The molecule has 0 radical (unpaired) electrons. The number of carbonyl (C=O) groups is 1. The van der Waals surface area contributed by atoms with Gasteiger partial charge in [-0.1, -0.05) is 31.7 Å².